The van der Waals surface area contributed by atoms with Crippen LogP contribution in [0.15, 0.2) is 24.4 Å². The summed E-state index contributed by atoms with van der Waals surface area (Å²) in [5, 5.41) is 5.98. The summed E-state index contributed by atoms with van der Waals surface area (Å²) >= 11 is 0. The molecule has 2 rings (SSSR count). The molecule has 2 heterocycles. The number of hydrogen-bond acceptors (Lipinski definition) is 4. The molecule has 92 valence electrons. The van der Waals surface area contributed by atoms with Crippen LogP contribution < -0.4 is 10.6 Å². The Kier molecular flexibility index (Phi) is 4.06. The molecule has 1 fully saturated rings. The molecule has 1 aliphatic heterocycles. The molecule has 0 saturated carbocycles. The quantitative estimate of drug-likeness (QED) is 0.767. The van der Waals surface area contributed by atoms with E-state index in [0.29, 0.717) is 19.8 Å². The molecule has 0 aromatic carbocycles. The van der Waals surface area contributed by atoms with Crippen molar-refractivity contribution >= 4 is 5.91 Å². The van der Waals surface area contributed by atoms with Gasteiger partial charge in [-0.25, -0.2) is 0 Å². The lowest BCUT2D eigenvalue weighted by Gasteiger charge is -2.16. The molecule has 0 aliphatic carbocycles. The van der Waals surface area contributed by atoms with E-state index in [2.05, 4.69) is 15.6 Å². The van der Waals surface area contributed by atoms with Gasteiger partial charge in [-0.05, 0) is 19.2 Å². The number of nitrogens with zero attached hydrogens (tertiary/aromatic N) is 1. The van der Waals surface area contributed by atoms with Crippen LogP contribution in [-0.4, -0.2) is 37.2 Å². The Balaban J connectivity index is 1.85. The van der Waals surface area contributed by atoms with E-state index in [4.69, 9.17) is 4.74 Å². The number of aromatic nitrogens is 1. The summed E-state index contributed by atoms with van der Waals surface area (Å²) in [6.45, 7) is 1.55. The molecule has 0 spiro atoms. The largest absolute Gasteiger partial charge is 0.379 e. The van der Waals surface area contributed by atoms with E-state index >= 15 is 0 Å². The van der Waals surface area contributed by atoms with Gasteiger partial charge in [-0.1, -0.05) is 6.07 Å². The van der Waals surface area contributed by atoms with E-state index in [0.717, 1.165) is 5.69 Å². The minimum absolute atomic E-state index is 0.0208. The van der Waals surface area contributed by atoms with Gasteiger partial charge < -0.3 is 15.4 Å². The van der Waals surface area contributed by atoms with E-state index in [1.165, 1.54) is 0 Å². The number of rotatable bonds is 4. The highest BCUT2D eigenvalue weighted by Gasteiger charge is 2.32. The standard InChI is InChI=1S/C12H17N3O2/c1-13-11-8-17-7-10(11)12(16)15-6-9-4-2-3-5-14-9/h2-5,10-11,13H,6-8H2,1H3,(H,15,16). The van der Waals surface area contributed by atoms with Crippen LogP contribution in [-0.2, 0) is 16.1 Å². The second-order valence-electron chi connectivity index (χ2n) is 4.08. The summed E-state index contributed by atoms with van der Waals surface area (Å²) in [6.07, 6.45) is 1.72. The van der Waals surface area contributed by atoms with Crippen LogP contribution in [0, 0.1) is 5.92 Å². The van der Waals surface area contributed by atoms with Crippen molar-refractivity contribution in [3.63, 3.8) is 0 Å². The molecule has 1 aromatic rings. The Morgan fingerprint density at radius 2 is 2.41 bits per heavy atom. The maximum Gasteiger partial charge on any atom is 0.227 e. The lowest BCUT2D eigenvalue weighted by molar-refractivity contribution is -0.125. The first-order valence-corrected chi connectivity index (χ1v) is 5.74. The Morgan fingerprint density at radius 1 is 1.53 bits per heavy atom. The predicted molar refractivity (Wildman–Crippen MR) is 63.2 cm³/mol. The van der Waals surface area contributed by atoms with Gasteiger partial charge in [0.25, 0.3) is 0 Å². The van der Waals surface area contributed by atoms with Gasteiger partial charge in [0, 0.05) is 12.2 Å². The van der Waals surface area contributed by atoms with Crippen LogP contribution in [0.25, 0.3) is 0 Å². The molecule has 2 atom stereocenters. The van der Waals surface area contributed by atoms with Gasteiger partial charge in [-0.3, -0.25) is 9.78 Å². The molecule has 5 nitrogen and oxygen atoms in total. The van der Waals surface area contributed by atoms with E-state index in [-0.39, 0.29) is 17.9 Å². The Morgan fingerprint density at radius 3 is 3.12 bits per heavy atom. The van der Waals surface area contributed by atoms with Crippen molar-refractivity contribution in [1.82, 2.24) is 15.6 Å². The molecule has 0 bridgehead atoms. The molecular weight excluding hydrogens is 218 g/mol. The minimum Gasteiger partial charge on any atom is -0.379 e. The predicted octanol–water partition coefficient (Wildman–Crippen LogP) is -0.0678. The number of pyridine rings is 1. The van der Waals surface area contributed by atoms with E-state index in [1.807, 2.05) is 25.2 Å². The van der Waals surface area contributed by atoms with Crippen LogP contribution in [0.1, 0.15) is 5.69 Å². The molecule has 1 saturated heterocycles. The highest BCUT2D eigenvalue weighted by atomic mass is 16.5. The summed E-state index contributed by atoms with van der Waals surface area (Å²) < 4.78 is 5.29. The van der Waals surface area contributed by atoms with Crippen molar-refractivity contribution in [2.75, 3.05) is 20.3 Å². The van der Waals surface area contributed by atoms with Gasteiger partial charge in [-0.2, -0.15) is 0 Å². The Labute approximate surface area is 101 Å². The molecular formula is C12H17N3O2. The van der Waals surface area contributed by atoms with Gasteiger partial charge in [0.2, 0.25) is 5.91 Å². The highest BCUT2D eigenvalue weighted by Crippen LogP contribution is 2.13. The average Bonchev–Trinajstić information content (AvgIpc) is 2.85. The second kappa shape index (κ2) is 5.75. The maximum absolute atomic E-state index is 11.9. The molecule has 1 amide bonds. The zero-order chi connectivity index (χ0) is 12.1. The number of carbonyl (C=O) groups excluding carboxylic acids is 1. The second-order valence-corrected chi connectivity index (χ2v) is 4.08. The summed E-state index contributed by atoms with van der Waals surface area (Å²) in [5.41, 5.74) is 0.862. The van der Waals surface area contributed by atoms with E-state index < -0.39 is 0 Å². The molecule has 0 radical (unpaired) electrons. The number of likely N-dealkylation sites (N-methyl/N-ethyl adjacent to an activating group) is 1. The monoisotopic (exact) mass is 235 g/mol. The van der Waals surface area contributed by atoms with Crippen LogP contribution in [0.4, 0.5) is 0 Å². The summed E-state index contributed by atoms with van der Waals surface area (Å²) in [5.74, 6) is -0.0868. The first-order chi connectivity index (χ1) is 8.31. The third kappa shape index (κ3) is 3.01. The SMILES string of the molecule is CNC1COCC1C(=O)NCc1ccccn1. The van der Waals surface area contributed by atoms with Crippen molar-refractivity contribution in [2.45, 2.75) is 12.6 Å². The first kappa shape index (κ1) is 12.0. The number of amides is 1. The van der Waals surface area contributed by atoms with Gasteiger partial charge >= 0.3 is 0 Å². The van der Waals surface area contributed by atoms with Crippen LogP contribution >= 0.6 is 0 Å². The summed E-state index contributed by atoms with van der Waals surface area (Å²) in [4.78, 5) is 16.1. The number of hydrogen-bond donors (Lipinski definition) is 2. The third-order valence-corrected chi connectivity index (χ3v) is 2.96. The zero-order valence-electron chi connectivity index (χ0n) is 9.85. The lowest BCUT2D eigenvalue weighted by Crippen LogP contribution is -2.42. The Hall–Kier alpha value is -1.46. The van der Waals surface area contributed by atoms with E-state index in [1.54, 1.807) is 6.20 Å². The molecule has 17 heavy (non-hydrogen) atoms. The smallest absolute Gasteiger partial charge is 0.227 e. The van der Waals surface area contributed by atoms with Crippen molar-refractivity contribution in [3.8, 4) is 0 Å². The number of nitrogens with one attached hydrogen (secondary N) is 2. The fraction of sp³-hybridized carbons (Fsp3) is 0.500. The Bertz CT molecular complexity index is 369. The van der Waals surface area contributed by atoms with Crippen molar-refractivity contribution in [1.29, 1.82) is 0 Å². The normalized spacial score (nSPS) is 23.6. The molecule has 1 aromatic heterocycles. The van der Waals surface area contributed by atoms with Gasteiger partial charge in [0.1, 0.15) is 0 Å². The highest BCUT2D eigenvalue weighted by molar-refractivity contribution is 5.79. The molecule has 2 N–H and O–H groups in total. The maximum atomic E-state index is 11.9. The van der Waals surface area contributed by atoms with E-state index in [9.17, 15) is 4.79 Å². The number of ether oxygens (including phenoxy) is 1. The molecule has 5 heteroatoms. The van der Waals surface area contributed by atoms with Crippen molar-refractivity contribution < 1.29 is 9.53 Å². The van der Waals surface area contributed by atoms with Crippen LogP contribution in [0.3, 0.4) is 0 Å². The lowest BCUT2D eigenvalue weighted by atomic mass is 10.0. The third-order valence-electron chi connectivity index (χ3n) is 2.96. The topological polar surface area (TPSA) is 63.2 Å². The summed E-state index contributed by atoms with van der Waals surface area (Å²) in [6, 6.07) is 5.76. The van der Waals surface area contributed by atoms with Gasteiger partial charge in [0.15, 0.2) is 0 Å². The molecule has 2 unspecified atom stereocenters. The van der Waals surface area contributed by atoms with Gasteiger partial charge in [-0.15, -0.1) is 0 Å². The van der Waals surface area contributed by atoms with Crippen molar-refractivity contribution in [2.24, 2.45) is 5.92 Å². The first-order valence-electron chi connectivity index (χ1n) is 5.74. The van der Waals surface area contributed by atoms with Gasteiger partial charge in [0.05, 0.1) is 31.4 Å². The fourth-order valence-corrected chi connectivity index (χ4v) is 1.91. The fourth-order valence-electron chi connectivity index (χ4n) is 1.91. The van der Waals surface area contributed by atoms with Crippen LogP contribution in [0.5, 0.6) is 0 Å². The molecule has 1 aliphatic rings. The zero-order valence-corrected chi connectivity index (χ0v) is 9.85. The van der Waals surface area contributed by atoms with Crippen LogP contribution in [0.2, 0.25) is 0 Å². The average molecular weight is 235 g/mol. The minimum atomic E-state index is -0.108. The summed E-state index contributed by atoms with van der Waals surface area (Å²) in [7, 11) is 1.85. The van der Waals surface area contributed by atoms with Crippen molar-refractivity contribution in [3.05, 3.63) is 30.1 Å². The number of carbonyl (C=O) groups is 1.